The van der Waals surface area contributed by atoms with Crippen molar-refractivity contribution >= 4 is 39.7 Å². The summed E-state index contributed by atoms with van der Waals surface area (Å²) in [4.78, 5) is 11.1. The number of nitrogen functional groups attached to an aromatic ring is 1. The predicted molar refractivity (Wildman–Crippen MR) is 61.5 cm³/mol. The lowest BCUT2D eigenvalue weighted by Crippen LogP contribution is -2.05. The van der Waals surface area contributed by atoms with Gasteiger partial charge in [-0.3, -0.25) is 0 Å². The second-order valence-corrected chi connectivity index (χ2v) is 3.21. The summed E-state index contributed by atoms with van der Waals surface area (Å²) in [6, 6.07) is 6.78. The number of halogens is 1. The van der Waals surface area contributed by atoms with Crippen LogP contribution in [0.25, 0.3) is 11.0 Å². The highest BCUT2D eigenvalue weighted by Crippen LogP contribution is 2.21. The number of fused-ring (bicyclic) bond motifs is 1. The molecule has 0 radical (unpaired) electrons. The van der Waals surface area contributed by atoms with Crippen molar-refractivity contribution in [1.29, 1.82) is 0 Å². The minimum absolute atomic E-state index is 0.112. The molecule has 0 saturated heterocycles. The van der Waals surface area contributed by atoms with E-state index in [9.17, 15) is 4.79 Å². The molecule has 0 aliphatic heterocycles. The normalized spacial score (nSPS) is 10.4. The summed E-state index contributed by atoms with van der Waals surface area (Å²) in [7, 11) is 0. The van der Waals surface area contributed by atoms with Gasteiger partial charge in [0.25, 0.3) is 0 Å². The van der Waals surface area contributed by atoms with E-state index in [4.69, 9.17) is 13.2 Å². The Morgan fingerprint density at radius 3 is 2.86 bits per heavy atom. The van der Waals surface area contributed by atoms with Gasteiger partial charge in [-0.05, 0) is 18.2 Å². The van der Waals surface area contributed by atoms with Crippen LogP contribution in [0.5, 0.6) is 5.75 Å². The lowest BCUT2D eigenvalue weighted by atomic mass is 10.2. The van der Waals surface area contributed by atoms with E-state index in [-0.39, 0.29) is 5.69 Å². The third kappa shape index (κ3) is 1.54. The fourth-order valence-corrected chi connectivity index (χ4v) is 1.43. The molecule has 2 aromatic rings. The van der Waals surface area contributed by atoms with Gasteiger partial charge in [0.15, 0.2) is 23.0 Å². The Bertz CT molecular complexity index is 535. The van der Waals surface area contributed by atoms with Crippen LogP contribution in [-0.2, 0) is 0 Å². The zero-order chi connectivity index (χ0) is 10.1. The van der Waals surface area contributed by atoms with Gasteiger partial charge in [-0.2, -0.15) is 0 Å². The van der Waals surface area contributed by atoms with Crippen LogP contribution in [0.2, 0.25) is 0 Å². The Balaban J connectivity index is 2.77. The van der Waals surface area contributed by atoms with E-state index in [0.29, 0.717) is 11.3 Å². The quantitative estimate of drug-likeness (QED) is 0.647. The first-order valence-electron chi connectivity index (χ1n) is 3.82. The van der Waals surface area contributed by atoms with E-state index in [1.807, 2.05) is 0 Å². The molecule has 0 fully saturated rings. The summed E-state index contributed by atoms with van der Waals surface area (Å²) < 4.78 is 9.94. The van der Waals surface area contributed by atoms with Crippen LogP contribution in [-0.4, -0.2) is 0 Å². The van der Waals surface area contributed by atoms with Crippen molar-refractivity contribution in [2.45, 2.75) is 0 Å². The first kappa shape index (κ1) is 9.32. The lowest BCUT2D eigenvalue weighted by molar-refractivity contribution is 0.562. The van der Waals surface area contributed by atoms with Gasteiger partial charge < -0.3 is 13.2 Å². The zero-order valence-corrected chi connectivity index (χ0v) is 9.15. The molecular formula is C9H6INO3. The summed E-state index contributed by atoms with van der Waals surface area (Å²) in [6.07, 6.45) is 0. The topological polar surface area (TPSA) is 65.5 Å². The van der Waals surface area contributed by atoms with Crippen molar-refractivity contribution in [3.8, 4) is 5.75 Å². The zero-order valence-electron chi connectivity index (χ0n) is 6.99. The van der Waals surface area contributed by atoms with Crippen molar-refractivity contribution < 1.29 is 7.48 Å². The molecular weight excluding hydrogens is 297 g/mol. The molecule has 2 N–H and O–H groups in total. The number of benzene rings is 1. The van der Waals surface area contributed by atoms with E-state index in [2.05, 4.69) is 0 Å². The van der Waals surface area contributed by atoms with Crippen molar-refractivity contribution in [3.05, 3.63) is 34.7 Å². The van der Waals surface area contributed by atoms with Gasteiger partial charge in [0.05, 0.1) is 0 Å². The second-order valence-electron chi connectivity index (χ2n) is 2.77. The number of nitrogens with two attached hydrogens (primary N) is 1. The second kappa shape index (κ2) is 3.49. The fourth-order valence-electron chi connectivity index (χ4n) is 1.16. The van der Waals surface area contributed by atoms with Gasteiger partial charge in [-0.25, -0.2) is 4.79 Å². The van der Waals surface area contributed by atoms with Crippen LogP contribution in [0.4, 0.5) is 5.69 Å². The van der Waals surface area contributed by atoms with Crippen LogP contribution < -0.4 is 14.4 Å². The maximum Gasteiger partial charge on any atom is 0.359 e. The number of hydrogen-bond acceptors (Lipinski definition) is 4. The average Bonchev–Trinajstić information content (AvgIpc) is 2.19. The maximum absolute atomic E-state index is 11.1. The van der Waals surface area contributed by atoms with E-state index in [1.54, 1.807) is 47.3 Å². The molecule has 72 valence electrons. The molecule has 1 aromatic heterocycles. The standard InChI is InChI=1S/C9H6INO3/c10-14-6-2-1-5-3-7(11)9(12)13-8(5)4-6/h1-4H,11H2. The Morgan fingerprint density at radius 2 is 2.14 bits per heavy atom. The number of hydrogen-bond donors (Lipinski definition) is 1. The van der Waals surface area contributed by atoms with E-state index in [1.165, 1.54) is 0 Å². The van der Waals surface area contributed by atoms with Crippen LogP contribution in [0.15, 0.2) is 33.5 Å². The third-order valence-electron chi connectivity index (χ3n) is 1.82. The molecule has 0 amide bonds. The van der Waals surface area contributed by atoms with E-state index < -0.39 is 5.63 Å². The van der Waals surface area contributed by atoms with Crippen LogP contribution in [0.3, 0.4) is 0 Å². The highest BCUT2D eigenvalue weighted by atomic mass is 127. The summed E-state index contributed by atoms with van der Waals surface area (Å²) >= 11 is 1.76. The summed E-state index contributed by atoms with van der Waals surface area (Å²) in [6.45, 7) is 0. The van der Waals surface area contributed by atoms with Crippen LogP contribution in [0, 0.1) is 0 Å². The largest absolute Gasteiger partial charge is 0.428 e. The van der Waals surface area contributed by atoms with Crippen LogP contribution >= 0.6 is 23.0 Å². The highest BCUT2D eigenvalue weighted by Gasteiger charge is 2.02. The van der Waals surface area contributed by atoms with Gasteiger partial charge in [0.1, 0.15) is 17.0 Å². The lowest BCUT2D eigenvalue weighted by Gasteiger charge is -1.99. The monoisotopic (exact) mass is 303 g/mol. The molecule has 0 spiro atoms. The first-order valence-corrected chi connectivity index (χ1v) is 4.71. The molecule has 14 heavy (non-hydrogen) atoms. The van der Waals surface area contributed by atoms with Crippen molar-refractivity contribution in [1.82, 2.24) is 0 Å². The third-order valence-corrected chi connectivity index (χ3v) is 2.33. The molecule has 4 nitrogen and oxygen atoms in total. The van der Waals surface area contributed by atoms with Crippen LogP contribution in [0.1, 0.15) is 0 Å². The SMILES string of the molecule is Nc1cc2ccc(OI)cc2oc1=O. The molecule has 0 unspecified atom stereocenters. The molecule has 0 saturated carbocycles. The Hall–Kier alpha value is -1.24. The minimum atomic E-state index is -0.525. The Morgan fingerprint density at radius 1 is 1.36 bits per heavy atom. The Labute approximate surface area is 93.3 Å². The van der Waals surface area contributed by atoms with Gasteiger partial charge in [0, 0.05) is 11.5 Å². The highest BCUT2D eigenvalue weighted by molar-refractivity contribution is 14.1. The molecule has 0 atom stereocenters. The van der Waals surface area contributed by atoms with Gasteiger partial charge in [-0.1, -0.05) is 0 Å². The summed E-state index contributed by atoms with van der Waals surface area (Å²) in [5, 5.41) is 0.777. The van der Waals surface area contributed by atoms with Crippen molar-refractivity contribution in [2.75, 3.05) is 5.73 Å². The molecule has 0 aliphatic rings. The maximum atomic E-state index is 11.1. The first-order chi connectivity index (χ1) is 6.70. The van der Waals surface area contributed by atoms with Crippen molar-refractivity contribution in [3.63, 3.8) is 0 Å². The molecule has 2 rings (SSSR count). The predicted octanol–water partition coefficient (Wildman–Crippen LogP) is 2.10. The molecule has 1 aromatic carbocycles. The molecule has 5 heteroatoms. The Kier molecular flexibility index (Phi) is 2.32. The van der Waals surface area contributed by atoms with E-state index >= 15 is 0 Å². The fraction of sp³-hybridized carbons (Fsp3) is 0. The van der Waals surface area contributed by atoms with E-state index in [0.717, 1.165) is 5.39 Å². The molecule has 1 heterocycles. The number of anilines is 1. The molecule has 0 aliphatic carbocycles. The smallest absolute Gasteiger partial charge is 0.359 e. The van der Waals surface area contributed by atoms with Crippen molar-refractivity contribution in [2.24, 2.45) is 0 Å². The van der Waals surface area contributed by atoms with Gasteiger partial charge >= 0.3 is 5.63 Å². The summed E-state index contributed by atoms with van der Waals surface area (Å²) in [5.74, 6) is 0.631. The summed E-state index contributed by atoms with van der Waals surface area (Å²) in [5.41, 5.74) is 5.47. The average molecular weight is 303 g/mol. The minimum Gasteiger partial charge on any atom is -0.428 e. The van der Waals surface area contributed by atoms with Gasteiger partial charge in [-0.15, -0.1) is 0 Å². The molecule has 0 bridgehead atoms. The number of rotatable bonds is 1. The van der Waals surface area contributed by atoms with Gasteiger partial charge in [0.2, 0.25) is 0 Å².